The molecule has 0 aromatic heterocycles. The maximum atomic E-state index is 12.1. The number of methoxy groups -OCH3 is 1. The number of nitrogens with zero attached hydrogens (tertiary/aromatic N) is 1. The van der Waals surface area contributed by atoms with Crippen molar-refractivity contribution >= 4 is 40.8 Å². The van der Waals surface area contributed by atoms with Crippen LogP contribution in [0.5, 0.6) is 5.75 Å². The summed E-state index contributed by atoms with van der Waals surface area (Å²) in [6.07, 6.45) is 1.37. The maximum absolute atomic E-state index is 12.1. The Morgan fingerprint density at radius 1 is 1.18 bits per heavy atom. The number of rotatable bonds is 6. The van der Waals surface area contributed by atoms with Crippen LogP contribution in [0.25, 0.3) is 0 Å². The fourth-order valence-electron chi connectivity index (χ4n) is 2.88. The third-order valence-electron chi connectivity index (χ3n) is 4.26. The number of hydrogen-bond donors (Lipinski definition) is 1. The van der Waals surface area contributed by atoms with E-state index in [0.717, 1.165) is 12.1 Å². The van der Waals surface area contributed by atoms with Crippen molar-refractivity contribution in [3.8, 4) is 5.75 Å². The van der Waals surface area contributed by atoms with Crippen molar-refractivity contribution in [1.29, 1.82) is 0 Å². The fourth-order valence-corrected chi connectivity index (χ4v) is 3.05. The number of halogens is 1. The quantitative estimate of drug-likeness (QED) is 0.749. The molecule has 3 rings (SSSR count). The van der Waals surface area contributed by atoms with Crippen LogP contribution >= 0.6 is 11.6 Å². The average molecular weight is 403 g/mol. The molecule has 0 atom stereocenters. The van der Waals surface area contributed by atoms with E-state index in [9.17, 15) is 14.4 Å². The lowest BCUT2D eigenvalue weighted by atomic mass is 10.2. The SMILES string of the molecule is COc1ccc(Cl)cc1NC(=O)COC(=O)c1ccc(N2CCCC2=O)cc1. The normalized spacial score (nSPS) is 13.4. The van der Waals surface area contributed by atoms with Gasteiger partial charge in [0, 0.05) is 23.7 Å². The molecule has 1 fully saturated rings. The lowest BCUT2D eigenvalue weighted by molar-refractivity contribution is -0.119. The van der Waals surface area contributed by atoms with Gasteiger partial charge in [0.1, 0.15) is 5.75 Å². The van der Waals surface area contributed by atoms with Crippen LogP contribution in [0, 0.1) is 0 Å². The van der Waals surface area contributed by atoms with Crippen molar-refractivity contribution in [3.63, 3.8) is 0 Å². The summed E-state index contributed by atoms with van der Waals surface area (Å²) < 4.78 is 10.2. The molecule has 0 spiro atoms. The fraction of sp³-hybridized carbons (Fsp3) is 0.250. The number of hydrogen-bond acceptors (Lipinski definition) is 5. The highest BCUT2D eigenvalue weighted by atomic mass is 35.5. The molecule has 0 saturated carbocycles. The van der Waals surface area contributed by atoms with E-state index < -0.39 is 18.5 Å². The number of ether oxygens (including phenoxy) is 2. The van der Waals surface area contributed by atoms with Gasteiger partial charge in [-0.05, 0) is 48.9 Å². The highest BCUT2D eigenvalue weighted by Gasteiger charge is 2.22. The Labute approximate surface area is 167 Å². The molecule has 28 heavy (non-hydrogen) atoms. The molecule has 2 aromatic carbocycles. The van der Waals surface area contributed by atoms with Gasteiger partial charge >= 0.3 is 5.97 Å². The lowest BCUT2D eigenvalue weighted by Gasteiger charge is -2.15. The second kappa shape index (κ2) is 8.75. The standard InChI is InChI=1S/C20H19ClN2O5/c1-27-17-9-6-14(21)11-16(17)22-18(24)12-28-20(26)13-4-7-15(8-5-13)23-10-2-3-19(23)25/h4-9,11H,2-3,10,12H2,1H3,(H,22,24). The van der Waals surface area contributed by atoms with Crippen LogP contribution < -0.4 is 15.0 Å². The summed E-state index contributed by atoms with van der Waals surface area (Å²) in [7, 11) is 1.47. The van der Waals surface area contributed by atoms with Crippen LogP contribution in [-0.2, 0) is 14.3 Å². The minimum Gasteiger partial charge on any atom is -0.495 e. The third-order valence-corrected chi connectivity index (χ3v) is 4.49. The van der Waals surface area contributed by atoms with Gasteiger partial charge in [0.2, 0.25) is 5.91 Å². The molecule has 1 N–H and O–H groups in total. The van der Waals surface area contributed by atoms with Gasteiger partial charge in [0.25, 0.3) is 5.91 Å². The molecule has 0 aliphatic carbocycles. The molecule has 1 heterocycles. The molecule has 146 valence electrons. The van der Waals surface area contributed by atoms with Crippen LogP contribution in [-0.4, -0.2) is 38.0 Å². The van der Waals surface area contributed by atoms with Gasteiger partial charge in [-0.2, -0.15) is 0 Å². The van der Waals surface area contributed by atoms with Crippen LogP contribution in [0.2, 0.25) is 5.02 Å². The van der Waals surface area contributed by atoms with Crippen molar-refractivity contribution < 1.29 is 23.9 Å². The predicted molar refractivity (Wildman–Crippen MR) is 105 cm³/mol. The van der Waals surface area contributed by atoms with Gasteiger partial charge in [0.05, 0.1) is 18.4 Å². The monoisotopic (exact) mass is 402 g/mol. The van der Waals surface area contributed by atoms with Gasteiger partial charge in [0.15, 0.2) is 6.61 Å². The Hall–Kier alpha value is -3.06. The molecular formula is C20H19ClN2O5. The first-order valence-electron chi connectivity index (χ1n) is 8.69. The van der Waals surface area contributed by atoms with Crippen LogP contribution in [0.3, 0.4) is 0 Å². The summed E-state index contributed by atoms with van der Waals surface area (Å²) in [4.78, 5) is 37.6. The van der Waals surface area contributed by atoms with E-state index in [1.54, 1.807) is 47.4 Å². The van der Waals surface area contributed by atoms with Gasteiger partial charge < -0.3 is 19.7 Å². The van der Waals surface area contributed by atoms with Crippen LogP contribution in [0.1, 0.15) is 23.2 Å². The number of anilines is 2. The molecule has 7 nitrogen and oxygen atoms in total. The summed E-state index contributed by atoms with van der Waals surface area (Å²) >= 11 is 5.92. The van der Waals surface area contributed by atoms with E-state index in [1.807, 2.05) is 0 Å². The van der Waals surface area contributed by atoms with E-state index in [2.05, 4.69) is 5.32 Å². The van der Waals surface area contributed by atoms with Crippen molar-refractivity contribution in [2.24, 2.45) is 0 Å². The summed E-state index contributed by atoms with van der Waals surface area (Å²) in [5, 5.41) is 3.03. The predicted octanol–water partition coefficient (Wildman–Crippen LogP) is 3.27. The zero-order valence-electron chi connectivity index (χ0n) is 15.2. The first-order chi connectivity index (χ1) is 13.5. The first-order valence-corrected chi connectivity index (χ1v) is 9.06. The van der Waals surface area contributed by atoms with Crippen LogP contribution in [0.4, 0.5) is 11.4 Å². The van der Waals surface area contributed by atoms with Crippen LogP contribution in [0.15, 0.2) is 42.5 Å². The number of benzene rings is 2. The molecule has 1 saturated heterocycles. The molecule has 2 amide bonds. The summed E-state index contributed by atoms with van der Waals surface area (Å²) in [5.41, 5.74) is 1.42. The Kier molecular flexibility index (Phi) is 6.16. The van der Waals surface area contributed by atoms with Gasteiger partial charge in [-0.1, -0.05) is 11.6 Å². The highest BCUT2D eigenvalue weighted by Crippen LogP contribution is 2.27. The number of carbonyl (C=O) groups excluding carboxylic acids is 3. The van der Waals surface area contributed by atoms with Crippen molar-refractivity contribution in [1.82, 2.24) is 0 Å². The summed E-state index contributed by atoms with van der Waals surface area (Å²) in [6, 6.07) is 11.3. The molecule has 0 unspecified atom stereocenters. The van der Waals surface area contributed by atoms with E-state index in [0.29, 0.717) is 35.0 Å². The van der Waals surface area contributed by atoms with E-state index in [4.69, 9.17) is 21.1 Å². The number of carbonyl (C=O) groups is 3. The molecule has 0 bridgehead atoms. The average Bonchev–Trinajstić information content (AvgIpc) is 3.12. The molecule has 2 aromatic rings. The van der Waals surface area contributed by atoms with Crippen molar-refractivity contribution in [2.45, 2.75) is 12.8 Å². The van der Waals surface area contributed by atoms with Crippen molar-refractivity contribution in [3.05, 3.63) is 53.1 Å². The molecular weight excluding hydrogens is 384 g/mol. The first kappa shape index (κ1) is 19.7. The van der Waals surface area contributed by atoms with Gasteiger partial charge in [-0.15, -0.1) is 0 Å². The minimum absolute atomic E-state index is 0.0726. The molecule has 8 heteroatoms. The number of amides is 2. The smallest absolute Gasteiger partial charge is 0.338 e. The topological polar surface area (TPSA) is 84.9 Å². The maximum Gasteiger partial charge on any atom is 0.338 e. The molecule has 1 aliphatic heterocycles. The third kappa shape index (κ3) is 4.61. The van der Waals surface area contributed by atoms with Crippen molar-refractivity contribution in [2.75, 3.05) is 30.5 Å². The van der Waals surface area contributed by atoms with Gasteiger partial charge in [-0.3, -0.25) is 9.59 Å². The van der Waals surface area contributed by atoms with E-state index in [-0.39, 0.29) is 5.91 Å². The van der Waals surface area contributed by atoms with E-state index >= 15 is 0 Å². The second-order valence-corrected chi connectivity index (χ2v) is 6.60. The lowest BCUT2D eigenvalue weighted by Crippen LogP contribution is -2.23. The Balaban J connectivity index is 1.56. The summed E-state index contributed by atoms with van der Waals surface area (Å²) in [6.45, 7) is 0.219. The Morgan fingerprint density at radius 2 is 1.93 bits per heavy atom. The van der Waals surface area contributed by atoms with Gasteiger partial charge in [-0.25, -0.2) is 4.79 Å². The molecule has 0 radical (unpaired) electrons. The highest BCUT2D eigenvalue weighted by molar-refractivity contribution is 6.31. The number of esters is 1. The zero-order chi connectivity index (χ0) is 20.1. The molecule has 1 aliphatic rings. The van der Waals surface area contributed by atoms with E-state index in [1.165, 1.54) is 7.11 Å². The Bertz CT molecular complexity index is 898. The Morgan fingerprint density at radius 3 is 2.57 bits per heavy atom. The summed E-state index contributed by atoms with van der Waals surface area (Å²) in [5.74, 6) is -0.639. The largest absolute Gasteiger partial charge is 0.495 e. The second-order valence-electron chi connectivity index (χ2n) is 6.16. The number of nitrogens with one attached hydrogen (secondary N) is 1. The zero-order valence-corrected chi connectivity index (χ0v) is 16.0. The minimum atomic E-state index is -0.632.